The van der Waals surface area contributed by atoms with Crippen LogP contribution in [0.15, 0.2) is 54.6 Å². The lowest BCUT2D eigenvalue weighted by Crippen LogP contribution is -2.45. The molecule has 1 aliphatic rings. The minimum absolute atomic E-state index is 0.0630. The number of hydrogen-bond donors (Lipinski definition) is 2. The first kappa shape index (κ1) is 20.6. The first-order valence-electron chi connectivity index (χ1n) is 9.84. The number of nitrogens with zero attached hydrogens (tertiary/aromatic N) is 1. The van der Waals surface area contributed by atoms with Crippen molar-refractivity contribution >= 4 is 17.8 Å². The molecule has 2 aromatic carbocycles. The maximum absolute atomic E-state index is 12.9. The normalized spacial score (nSPS) is 19.8. The van der Waals surface area contributed by atoms with E-state index >= 15 is 0 Å². The van der Waals surface area contributed by atoms with Crippen molar-refractivity contribution in [3.05, 3.63) is 71.3 Å². The van der Waals surface area contributed by atoms with Gasteiger partial charge in [-0.3, -0.25) is 14.5 Å². The van der Waals surface area contributed by atoms with Crippen LogP contribution in [-0.4, -0.2) is 35.3 Å². The largest absolute Gasteiger partial charge is 0.352 e. The molecule has 4 amide bonds. The van der Waals surface area contributed by atoms with Gasteiger partial charge in [-0.25, -0.2) is 4.79 Å². The lowest BCUT2D eigenvalue weighted by molar-refractivity contribution is -0.135. The van der Waals surface area contributed by atoms with Crippen LogP contribution in [0.1, 0.15) is 37.0 Å². The SMILES string of the molecule is Cc1ccc([C@]2(C)NC(=O)N(CC(=O)N[C@@H](C)CCc3ccccc3)C2=O)cc1. The van der Waals surface area contributed by atoms with Gasteiger partial charge in [0.25, 0.3) is 5.91 Å². The molecule has 2 N–H and O–H groups in total. The topological polar surface area (TPSA) is 78.5 Å². The van der Waals surface area contributed by atoms with Crippen molar-refractivity contribution in [1.82, 2.24) is 15.5 Å². The predicted octanol–water partition coefficient (Wildman–Crippen LogP) is 2.90. The Bertz CT molecular complexity index is 895. The molecule has 0 aliphatic carbocycles. The van der Waals surface area contributed by atoms with Gasteiger partial charge in [-0.2, -0.15) is 0 Å². The number of carbonyl (C=O) groups is 3. The van der Waals surface area contributed by atoms with Gasteiger partial charge in [-0.15, -0.1) is 0 Å². The van der Waals surface area contributed by atoms with Crippen LogP contribution in [-0.2, 0) is 21.5 Å². The maximum Gasteiger partial charge on any atom is 0.325 e. The van der Waals surface area contributed by atoms with E-state index < -0.39 is 17.5 Å². The number of benzene rings is 2. The quantitative estimate of drug-likeness (QED) is 0.710. The van der Waals surface area contributed by atoms with Gasteiger partial charge >= 0.3 is 6.03 Å². The molecule has 6 nitrogen and oxygen atoms in total. The summed E-state index contributed by atoms with van der Waals surface area (Å²) in [5.74, 6) is -0.763. The summed E-state index contributed by atoms with van der Waals surface area (Å²) >= 11 is 0. The van der Waals surface area contributed by atoms with E-state index in [1.807, 2.05) is 68.4 Å². The molecule has 2 aromatic rings. The molecule has 6 heteroatoms. The second-order valence-electron chi connectivity index (χ2n) is 7.81. The third kappa shape index (κ3) is 4.65. The van der Waals surface area contributed by atoms with Crippen molar-refractivity contribution in [2.75, 3.05) is 6.54 Å². The van der Waals surface area contributed by atoms with Gasteiger partial charge in [-0.05, 0) is 44.7 Å². The molecule has 2 atom stereocenters. The first-order valence-corrected chi connectivity index (χ1v) is 9.84. The zero-order chi connectivity index (χ0) is 21.0. The van der Waals surface area contributed by atoms with Crippen LogP contribution in [0.25, 0.3) is 0 Å². The zero-order valence-electron chi connectivity index (χ0n) is 17.1. The summed E-state index contributed by atoms with van der Waals surface area (Å²) in [7, 11) is 0. The number of hydrogen-bond acceptors (Lipinski definition) is 3. The van der Waals surface area contributed by atoms with Gasteiger partial charge in [0.05, 0.1) is 0 Å². The smallest absolute Gasteiger partial charge is 0.325 e. The van der Waals surface area contributed by atoms with Gasteiger partial charge in [0.15, 0.2) is 0 Å². The predicted molar refractivity (Wildman–Crippen MR) is 111 cm³/mol. The number of nitrogens with one attached hydrogen (secondary N) is 2. The van der Waals surface area contributed by atoms with E-state index in [-0.39, 0.29) is 18.5 Å². The van der Waals surface area contributed by atoms with Crippen LogP contribution in [0.5, 0.6) is 0 Å². The van der Waals surface area contributed by atoms with E-state index in [1.54, 1.807) is 6.92 Å². The van der Waals surface area contributed by atoms with E-state index in [0.717, 1.165) is 23.3 Å². The van der Waals surface area contributed by atoms with Crippen molar-refractivity contribution in [3.63, 3.8) is 0 Å². The highest BCUT2D eigenvalue weighted by atomic mass is 16.2. The molecule has 1 heterocycles. The molecule has 3 rings (SSSR count). The number of carbonyl (C=O) groups excluding carboxylic acids is 3. The van der Waals surface area contributed by atoms with Gasteiger partial charge in [0, 0.05) is 6.04 Å². The Labute approximate surface area is 171 Å². The summed E-state index contributed by atoms with van der Waals surface area (Å²) in [4.78, 5) is 38.7. The Morgan fingerprint density at radius 3 is 2.41 bits per heavy atom. The minimum Gasteiger partial charge on any atom is -0.352 e. The summed E-state index contributed by atoms with van der Waals surface area (Å²) in [5, 5.41) is 5.61. The Kier molecular flexibility index (Phi) is 6.01. The van der Waals surface area contributed by atoms with E-state index in [4.69, 9.17) is 0 Å². The summed E-state index contributed by atoms with van der Waals surface area (Å²) in [6.07, 6.45) is 1.62. The van der Waals surface area contributed by atoms with Crippen LogP contribution < -0.4 is 10.6 Å². The van der Waals surface area contributed by atoms with Crippen LogP contribution in [0.3, 0.4) is 0 Å². The lowest BCUT2D eigenvalue weighted by Gasteiger charge is -2.22. The standard InChI is InChI=1S/C23H27N3O3/c1-16-9-13-19(14-10-16)23(3)21(28)26(22(29)25-23)15-20(27)24-17(2)11-12-18-7-5-4-6-8-18/h4-10,13-14,17H,11-12,15H2,1-3H3,(H,24,27)(H,25,29)/t17-,23-/m0/s1. The van der Waals surface area contributed by atoms with Gasteiger partial charge in [0.1, 0.15) is 12.1 Å². The number of imide groups is 1. The fraction of sp³-hybridized carbons (Fsp3) is 0.348. The van der Waals surface area contributed by atoms with Crippen molar-refractivity contribution in [2.45, 2.75) is 45.2 Å². The summed E-state index contributed by atoms with van der Waals surface area (Å²) in [6, 6.07) is 16.9. The molecule has 0 spiro atoms. The van der Waals surface area contributed by atoms with Gasteiger partial charge in [0.2, 0.25) is 5.91 Å². The number of aryl methyl sites for hydroxylation is 2. The van der Waals surface area contributed by atoms with Crippen LogP contribution in [0, 0.1) is 6.92 Å². The molecule has 1 fully saturated rings. The second-order valence-corrected chi connectivity index (χ2v) is 7.81. The second kappa shape index (κ2) is 8.47. The Hall–Kier alpha value is -3.15. The van der Waals surface area contributed by atoms with E-state index in [2.05, 4.69) is 10.6 Å². The third-order valence-electron chi connectivity index (χ3n) is 5.32. The molecule has 1 saturated heterocycles. The van der Waals surface area contributed by atoms with Crippen molar-refractivity contribution < 1.29 is 14.4 Å². The van der Waals surface area contributed by atoms with Crippen molar-refractivity contribution in [3.8, 4) is 0 Å². The fourth-order valence-corrected chi connectivity index (χ4v) is 3.49. The van der Waals surface area contributed by atoms with E-state index in [9.17, 15) is 14.4 Å². The molecule has 29 heavy (non-hydrogen) atoms. The molecule has 0 saturated carbocycles. The molecule has 0 bridgehead atoms. The van der Waals surface area contributed by atoms with Crippen molar-refractivity contribution in [1.29, 1.82) is 0 Å². The third-order valence-corrected chi connectivity index (χ3v) is 5.32. The first-order chi connectivity index (χ1) is 13.8. The molecular formula is C23H27N3O3. The highest BCUT2D eigenvalue weighted by molar-refractivity contribution is 6.09. The monoisotopic (exact) mass is 393 g/mol. The Morgan fingerprint density at radius 1 is 1.10 bits per heavy atom. The molecule has 0 radical (unpaired) electrons. The van der Waals surface area contributed by atoms with Gasteiger partial charge < -0.3 is 10.6 Å². The van der Waals surface area contributed by atoms with E-state index in [0.29, 0.717) is 5.56 Å². The van der Waals surface area contributed by atoms with Crippen LogP contribution in [0.4, 0.5) is 4.79 Å². The maximum atomic E-state index is 12.9. The minimum atomic E-state index is -1.16. The Morgan fingerprint density at radius 2 is 1.76 bits per heavy atom. The lowest BCUT2D eigenvalue weighted by atomic mass is 9.91. The van der Waals surface area contributed by atoms with E-state index in [1.165, 1.54) is 5.56 Å². The summed E-state index contributed by atoms with van der Waals surface area (Å²) in [5.41, 5.74) is 1.80. The zero-order valence-corrected chi connectivity index (χ0v) is 17.1. The number of urea groups is 1. The van der Waals surface area contributed by atoms with Crippen LogP contribution >= 0.6 is 0 Å². The molecule has 0 aromatic heterocycles. The van der Waals surface area contributed by atoms with Gasteiger partial charge in [-0.1, -0.05) is 60.2 Å². The van der Waals surface area contributed by atoms with Crippen molar-refractivity contribution in [2.24, 2.45) is 0 Å². The highest BCUT2D eigenvalue weighted by Crippen LogP contribution is 2.28. The fourth-order valence-electron chi connectivity index (χ4n) is 3.49. The molecule has 0 unspecified atom stereocenters. The average molecular weight is 393 g/mol. The Balaban J connectivity index is 1.58. The van der Waals surface area contributed by atoms with Crippen LogP contribution in [0.2, 0.25) is 0 Å². The summed E-state index contributed by atoms with van der Waals surface area (Å²) < 4.78 is 0. The molecular weight excluding hydrogens is 366 g/mol. The molecule has 152 valence electrons. The molecule has 1 aliphatic heterocycles. The number of rotatable bonds is 7. The highest BCUT2D eigenvalue weighted by Gasteiger charge is 2.49. The summed E-state index contributed by atoms with van der Waals surface area (Å²) in [6.45, 7) is 5.25. The number of amides is 4. The average Bonchev–Trinajstić information content (AvgIpc) is 2.91.